The van der Waals surface area contributed by atoms with Gasteiger partial charge in [-0.1, -0.05) is 19.1 Å². The van der Waals surface area contributed by atoms with Gasteiger partial charge in [-0.15, -0.1) is 0 Å². The van der Waals surface area contributed by atoms with E-state index in [9.17, 15) is 14.7 Å². The first-order valence-electron chi connectivity index (χ1n) is 12.2. The van der Waals surface area contributed by atoms with E-state index in [1.165, 1.54) is 4.90 Å². The van der Waals surface area contributed by atoms with Crippen molar-refractivity contribution in [1.82, 2.24) is 9.88 Å². The number of amides is 1. The lowest BCUT2D eigenvalue weighted by Crippen LogP contribution is -2.29. The predicted octanol–water partition coefficient (Wildman–Crippen LogP) is 4.82. The molecule has 3 aromatic rings. The van der Waals surface area contributed by atoms with Crippen molar-refractivity contribution in [2.75, 3.05) is 6.61 Å². The van der Waals surface area contributed by atoms with Crippen LogP contribution in [0.1, 0.15) is 48.6 Å². The van der Waals surface area contributed by atoms with E-state index in [1.54, 1.807) is 36.7 Å². The lowest BCUT2D eigenvalue weighted by atomic mass is 9.94. The van der Waals surface area contributed by atoms with Gasteiger partial charge >= 0.3 is 0 Å². The molecule has 2 aliphatic heterocycles. The Morgan fingerprint density at radius 2 is 1.94 bits per heavy atom. The van der Waals surface area contributed by atoms with Crippen LogP contribution in [0.4, 0.5) is 0 Å². The number of nitrogens with zero attached hydrogens (tertiary/aromatic N) is 2. The van der Waals surface area contributed by atoms with Gasteiger partial charge in [-0.05, 0) is 72.5 Å². The van der Waals surface area contributed by atoms with E-state index < -0.39 is 17.7 Å². The first-order valence-corrected chi connectivity index (χ1v) is 12.2. The van der Waals surface area contributed by atoms with Crippen LogP contribution in [0, 0.1) is 0 Å². The quantitative estimate of drug-likeness (QED) is 0.294. The highest BCUT2D eigenvalue weighted by Gasteiger charge is 2.46. The van der Waals surface area contributed by atoms with Crippen LogP contribution < -0.4 is 9.47 Å². The molecular formula is C29H28N2O5. The van der Waals surface area contributed by atoms with Gasteiger partial charge in [0.05, 0.1) is 18.2 Å². The summed E-state index contributed by atoms with van der Waals surface area (Å²) in [5.74, 6) is -0.146. The number of fused-ring (bicyclic) bond motifs is 1. The van der Waals surface area contributed by atoms with Gasteiger partial charge in [0.1, 0.15) is 23.4 Å². The molecule has 7 nitrogen and oxygen atoms in total. The summed E-state index contributed by atoms with van der Waals surface area (Å²) in [7, 11) is 0. The Hall–Kier alpha value is -4.13. The fraction of sp³-hybridized carbons (Fsp3) is 0.276. The molecule has 0 bridgehead atoms. The van der Waals surface area contributed by atoms with E-state index in [2.05, 4.69) is 4.98 Å². The number of ether oxygens (including phenoxy) is 2. The predicted molar refractivity (Wildman–Crippen MR) is 135 cm³/mol. The highest BCUT2D eigenvalue weighted by molar-refractivity contribution is 6.46. The van der Waals surface area contributed by atoms with Gasteiger partial charge < -0.3 is 19.5 Å². The van der Waals surface area contributed by atoms with Gasteiger partial charge in [0.2, 0.25) is 0 Å². The van der Waals surface area contributed by atoms with E-state index in [0.717, 1.165) is 23.3 Å². The number of aliphatic hydroxyl groups is 1. The highest BCUT2D eigenvalue weighted by Crippen LogP contribution is 2.42. The number of aliphatic hydroxyl groups excluding tert-OH is 1. The Kier molecular flexibility index (Phi) is 6.46. The smallest absolute Gasteiger partial charge is 0.295 e. The maximum absolute atomic E-state index is 13.4. The Balaban J connectivity index is 1.61. The zero-order valence-electron chi connectivity index (χ0n) is 20.3. The molecule has 1 fully saturated rings. The Morgan fingerprint density at radius 1 is 1.14 bits per heavy atom. The number of benzene rings is 2. The molecule has 1 saturated heterocycles. The molecular weight excluding hydrogens is 456 g/mol. The van der Waals surface area contributed by atoms with E-state index >= 15 is 0 Å². The fourth-order valence-corrected chi connectivity index (χ4v) is 4.79. The highest BCUT2D eigenvalue weighted by atomic mass is 16.5. The molecule has 1 amide bonds. The van der Waals surface area contributed by atoms with Gasteiger partial charge in [0.25, 0.3) is 11.7 Å². The number of aromatic nitrogens is 1. The standard InChI is InChI=1S/C29H28N2O5/c1-3-13-35-23-6-4-5-20(16-23)26-25(27(32)21-7-8-24-22(15-21)14-18(2)36-24)28(33)29(34)31(26)17-19-9-11-30-12-10-19/h4-12,15-16,18,26,32H,3,13-14,17H2,1-2H3/b27-25+/t18-,26+/m1/s1. The molecule has 184 valence electrons. The molecule has 0 spiro atoms. The van der Waals surface area contributed by atoms with Crippen LogP contribution in [0.3, 0.4) is 0 Å². The largest absolute Gasteiger partial charge is 0.507 e. The summed E-state index contributed by atoms with van der Waals surface area (Å²) in [5.41, 5.74) is 3.03. The van der Waals surface area contributed by atoms with Gasteiger partial charge in [0.15, 0.2) is 0 Å². The van der Waals surface area contributed by atoms with Crippen LogP contribution in [0.2, 0.25) is 0 Å². The topological polar surface area (TPSA) is 89.0 Å². The van der Waals surface area contributed by atoms with E-state index in [-0.39, 0.29) is 24.0 Å². The summed E-state index contributed by atoms with van der Waals surface area (Å²) in [6.45, 7) is 4.76. The number of hydrogen-bond acceptors (Lipinski definition) is 6. The lowest BCUT2D eigenvalue weighted by molar-refractivity contribution is -0.140. The van der Waals surface area contributed by atoms with Crippen molar-refractivity contribution in [1.29, 1.82) is 0 Å². The molecule has 2 aliphatic rings. The van der Waals surface area contributed by atoms with Gasteiger partial charge in [-0.2, -0.15) is 0 Å². The number of ketones is 1. The van der Waals surface area contributed by atoms with Crippen LogP contribution in [-0.4, -0.2) is 39.4 Å². The van der Waals surface area contributed by atoms with Gasteiger partial charge in [-0.25, -0.2) is 0 Å². The Labute approximate surface area is 210 Å². The van der Waals surface area contributed by atoms with Crippen molar-refractivity contribution in [3.63, 3.8) is 0 Å². The van der Waals surface area contributed by atoms with Crippen LogP contribution in [0.25, 0.3) is 5.76 Å². The van der Waals surface area contributed by atoms with E-state index in [1.807, 2.05) is 44.2 Å². The molecule has 2 atom stereocenters. The average molecular weight is 485 g/mol. The molecule has 0 saturated carbocycles. The Morgan fingerprint density at radius 3 is 2.72 bits per heavy atom. The maximum Gasteiger partial charge on any atom is 0.295 e. The number of pyridine rings is 1. The van der Waals surface area contributed by atoms with Crippen LogP contribution in [-0.2, 0) is 22.6 Å². The first kappa shape index (κ1) is 23.6. The van der Waals surface area contributed by atoms with Crippen LogP contribution in [0.15, 0.2) is 72.6 Å². The minimum atomic E-state index is -0.772. The minimum absolute atomic E-state index is 0.0502. The second kappa shape index (κ2) is 9.85. The monoisotopic (exact) mass is 484 g/mol. The second-order valence-corrected chi connectivity index (χ2v) is 9.16. The zero-order chi connectivity index (χ0) is 25.2. The third kappa shape index (κ3) is 4.44. The van der Waals surface area contributed by atoms with Crippen molar-refractivity contribution in [3.8, 4) is 11.5 Å². The van der Waals surface area contributed by atoms with E-state index in [0.29, 0.717) is 29.9 Å². The normalized spacial score (nSPS) is 20.3. The van der Waals surface area contributed by atoms with Gasteiger partial charge in [-0.3, -0.25) is 14.6 Å². The van der Waals surface area contributed by atoms with Crippen LogP contribution >= 0.6 is 0 Å². The number of hydrogen-bond donors (Lipinski definition) is 1. The fourth-order valence-electron chi connectivity index (χ4n) is 4.79. The molecule has 2 aromatic carbocycles. The Bertz CT molecular complexity index is 1330. The minimum Gasteiger partial charge on any atom is -0.507 e. The molecule has 0 radical (unpaired) electrons. The third-order valence-electron chi connectivity index (χ3n) is 6.46. The summed E-state index contributed by atoms with van der Waals surface area (Å²) in [6.07, 6.45) is 4.91. The number of Topliss-reactive ketones (excluding diaryl/α,β-unsaturated/α-hetero) is 1. The lowest BCUT2D eigenvalue weighted by Gasteiger charge is -2.26. The first-order chi connectivity index (χ1) is 17.5. The number of likely N-dealkylation sites (tertiary alicyclic amines) is 1. The molecule has 36 heavy (non-hydrogen) atoms. The summed E-state index contributed by atoms with van der Waals surface area (Å²) in [4.78, 5) is 32.2. The van der Waals surface area contributed by atoms with Crippen molar-refractivity contribution >= 4 is 17.4 Å². The molecule has 7 heteroatoms. The molecule has 3 heterocycles. The van der Waals surface area contributed by atoms with E-state index in [4.69, 9.17) is 9.47 Å². The number of carbonyl (C=O) groups excluding carboxylic acids is 2. The molecule has 0 unspecified atom stereocenters. The summed E-state index contributed by atoms with van der Waals surface area (Å²) < 4.78 is 11.6. The maximum atomic E-state index is 13.4. The second-order valence-electron chi connectivity index (χ2n) is 9.16. The molecule has 1 N–H and O–H groups in total. The summed E-state index contributed by atoms with van der Waals surface area (Å²) in [5, 5.41) is 11.4. The SMILES string of the molecule is CCCOc1cccc([C@H]2/C(=C(\O)c3ccc4c(c3)C[C@@H](C)O4)C(=O)C(=O)N2Cc2ccncc2)c1. The zero-order valence-corrected chi connectivity index (χ0v) is 20.3. The van der Waals surface area contributed by atoms with Crippen LogP contribution in [0.5, 0.6) is 11.5 Å². The molecule has 5 rings (SSSR count). The van der Waals surface area contributed by atoms with Crippen molar-refractivity contribution in [2.24, 2.45) is 0 Å². The van der Waals surface area contributed by atoms with Gasteiger partial charge in [0, 0.05) is 30.9 Å². The van der Waals surface area contributed by atoms with Crippen molar-refractivity contribution < 1.29 is 24.2 Å². The van der Waals surface area contributed by atoms with Crippen molar-refractivity contribution in [3.05, 3.63) is 94.8 Å². The third-order valence-corrected chi connectivity index (χ3v) is 6.46. The van der Waals surface area contributed by atoms with Crippen molar-refractivity contribution in [2.45, 2.75) is 45.4 Å². The summed E-state index contributed by atoms with van der Waals surface area (Å²) in [6, 6.07) is 15.6. The molecule has 0 aliphatic carbocycles. The molecule has 1 aromatic heterocycles. The number of carbonyl (C=O) groups is 2. The summed E-state index contributed by atoms with van der Waals surface area (Å²) >= 11 is 0. The average Bonchev–Trinajstić information content (AvgIpc) is 3.39. The number of rotatable bonds is 7.